The summed E-state index contributed by atoms with van der Waals surface area (Å²) in [6.07, 6.45) is 3.31. The molecule has 3 aromatic rings. The fraction of sp³-hybridized carbons (Fsp3) is 0.192. The molecule has 1 amide bonds. The van der Waals surface area contributed by atoms with Crippen molar-refractivity contribution in [3.05, 3.63) is 101 Å². The second-order valence-corrected chi connectivity index (χ2v) is 7.66. The number of Topliss-reactive ketones (excluding diaryl/α,β-unsaturated/α-hetero) is 1. The minimum Gasteiger partial charge on any atom is -0.507 e. The highest BCUT2D eigenvalue weighted by Gasteiger charge is 2.46. The monoisotopic (exact) mass is 428 g/mol. The number of likely N-dealkylation sites (tertiary alicyclic amines) is 1. The highest BCUT2D eigenvalue weighted by Crippen LogP contribution is 2.41. The van der Waals surface area contributed by atoms with Gasteiger partial charge in [-0.2, -0.15) is 0 Å². The molecule has 2 heterocycles. The molecule has 0 spiro atoms. The first-order valence-corrected chi connectivity index (χ1v) is 10.5. The summed E-state index contributed by atoms with van der Waals surface area (Å²) in [4.78, 5) is 31.8. The Hall–Kier alpha value is -3.93. The SMILES string of the molecule is CCOc1cccc(C2/C(=C(\O)c3ccc(C)cc3)C(=O)C(=O)N2Cc2cccnc2)c1. The molecule has 32 heavy (non-hydrogen) atoms. The van der Waals surface area contributed by atoms with E-state index in [1.54, 1.807) is 36.7 Å². The van der Waals surface area contributed by atoms with Gasteiger partial charge in [-0.3, -0.25) is 14.6 Å². The lowest BCUT2D eigenvalue weighted by molar-refractivity contribution is -0.140. The van der Waals surface area contributed by atoms with Gasteiger partial charge in [-0.1, -0.05) is 48.0 Å². The lowest BCUT2D eigenvalue weighted by Gasteiger charge is -2.25. The molecule has 1 aromatic heterocycles. The van der Waals surface area contributed by atoms with Crippen molar-refractivity contribution in [1.29, 1.82) is 0 Å². The van der Waals surface area contributed by atoms with E-state index in [1.165, 1.54) is 4.90 Å². The van der Waals surface area contributed by atoms with Gasteiger partial charge in [0, 0.05) is 24.5 Å². The number of aliphatic hydroxyl groups is 1. The van der Waals surface area contributed by atoms with Crippen molar-refractivity contribution < 1.29 is 19.4 Å². The topological polar surface area (TPSA) is 79.7 Å². The Bertz CT molecular complexity index is 1170. The number of aliphatic hydroxyl groups excluding tert-OH is 1. The van der Waals surface area contributed by atoms with Crippen molar-refractivity contribution in [2.24, 2.45) is 0 Å². The van der Waals surface area contributed by atoms with Crippen LogP contribution >= 0.6 is 0 Å². The van der Waals surface area contributed by atoms with Gasteiger partial charge < -0.3 is 14.7 Å². The molecule has 6 nitrogen and oxygen atoms in total. The molecule has 4 rings (SSSR count). The summed E-state index contributed by atoms with van der Waals surface area (Å²) in [7, 11) is 0. The zero-order valence-electron chi connectivity index (χ0n) is 18.0. The summed E-state index contributed by atoms with van der Waals surface area (Å²) in [6, 6.07) is 17.3. The molecule has 0 radical (unpaired) electrons. The van der Waals surface area contributed by atoms with E-state index in [0.29, 0.717) is 23.5 Å². The Morgan fingerprint density at radius 3 is 2.56 bits per heavy atom. The van der Waals surface area contributed by atoms with Crippen LogP contribution < -0.4 is 4.74 Å². The molecule has 1 atom stereocenters. The van der Waals surface area contributed by atoms with Crippen LogP contribution in [-0.2, 0) is 16.1 Å². The third kappa shape index (κ3) is 4.12. The van der Waals surface area contributed by atoms with Crippen LogP contribution in [0.4, 0.5) is 0 Å². The van der Waals surface area contributed by atoms with Gasteiger partial charge in [0.25, 0.3) is 11.7 Å². The van der Waals surface area contributed by atoms with E-state index in [0.717, 1.165) is 11.1 Å². The summed E-state index contributed by atoms with van der Waals surface area (Å²) < 4.78 is 5.63. The predicted molar refractivity (Wildman–Crippen MR) is 121 cm³/mol. The van der Waals surface area contributed by atoms with E-state index in [4.69, 9.17) is 4.74 Å². The van der Waals surface area contributed by atoms with Crippen molar-refractivity contribution in [3.63, 3.8) is 0 Å². The van der Waals surface area contributed by atoms with Gasteiger partial charge in [0.2, 0.25) is 0 Å². The average Bonchev–Trinajstić information content (AvgIpc) is 3.05. The minimum absolute atomic E-state index is 0.0661. The summed E-state index contributed by atoms with van der Waals surface area (Å²) >= 11 is 0. The molecular weight excluding hydrogens is 404 g/mol. The van der Waals surface area contributed by atoms with Crippen LogP contribution in [0.5, 0.6) is 5.75 Å². The maximum absolute atomic E-state index is 13.1. The number of pyridine rings is 1. The van der Waals surface area contributed by atoms with Gasteiger partial charge >= 0.3 is 0 Å². The molecule has 1 N–H and O–H groups in total. The number of nitrogens with zero attached hydrogens (tertiary/aromatic N) is 2. The van der Waals surface area contributed by atoms with E-state index < -0.39 is 17.7 Å². The zero-order chi connectivity index (χ0) is 22.7. The molecule has 2 aromatic carbocycles. The number of hydrogen-bond acceptors (Lipinski definition) is 5. The molecule has 1 fully saturated rings. The molecule has 6 heteroatoms. The molecule has 162 valence electrons. The Balaban J connectivity index is 1.86. The number of aromatic nitrogens is 1. The van der Waals surface area contributed by atoms with Crippen LogP contribution in [0.15, 0.2) is 78.6 Å². The lowest BCUT2D eigenvalue weighted by atomic mass is 9.94. The second-order valence-electron chi connectivity index (χ2n) is 7.66. The van der Waals surface area contributed by atoms with Crippen LogP contribution in [0.1, 0.15) is 35.2 Å². The number of hydrogen-bond donors (Lipinski definition) is 1. The van der Waals surface area contributed by atoms with Gasteiger partial charge in [0.05, 0.1) is 18.2 Å². The van der Waals surface area contributed by atoms with Crippen molar-refractivity contribution >= 4 is 17.4 Å². The Morgan fingerprint density at radius 2 is 1.88 bits per heavy atom. The number of ether oxygens (including phenoxy) is 1. The molecule has 1 unspecified atom stereocenters. The van der Waals surface area contributed by atoms with Gasteiger partial charge in [-0.15, -0.1) is 0 Å². The van der Waals surface area contributed by atoms with Crippen molar-refractivity contribution in [3.8, 4) is 5.75 Å². The first-order chi connectivity index (χ1) is 15.5. The first kappa shape index (κ1) is 21.3. The van der Waals surface area contributed by atoms with E-state index in [2.05, 4.69) is 4.98 Å². The smallest absolute Gasteiger partial charge is 0.295 e. The average molecular weight is 428 g/mol. The van der Waals surface area contributed by atoms with Crippen LogP contribution in [0, 0.1) is 6.92 Å². The molecule has 1 aliphatic heterocycles. The number of carbonyl (C=O) groups is 2. The standard InChI is InChI=1S/C26H24N2O4/c1-3-32-21-8-4-7-20(14-21)23-22(24(29)19-11-9-17(2)10-12-19)25(30)26(31)28(23)16-18-6-5-13-27-15-18/h4-15,23,29H,3,16H2,1-2H3/b24-22+. The van der Waals surface area contributed by atoms with E-state index in [9.17, 15) is 14.7 Å². The quantitative estimate of drug-likeness (QED) is 0.357. The van der Waals surface area contributed by atoms with E-state index in [-0.39, 0.29) is 17.9 Å². The van der Waals surface area contributed by atoms with Crippen molar-refractivity contribution in [2.75, 3.05) is 6.61 Å². The summed E-state index contributed by atoms with van der Waals surface area (Å²) in [6.45, 7) is 4.50. The van der Waals surface area contributed by atoms with E-state index in [1.807, 2.05) is 50.2 Å². The largest absolute Gasteiger partial charge is 0.507 e. The van der Waals surface area contributed by atoms with Crippen molar-refractivity contribution in [1.82, 2.24) is 9.88 Å². The Kier molecular flexibility index (Phi) is 6.03. The molecule has 1 aliphatic rings. The zero-order valence-corrected chi connectivity index (χ0v) is 18.0. The molecule has 0 bridgehead atoms. The molecular formula is C26H24N2O4. The fourth-order valence-corrected chi connectivity index (χ4v) is 3.89. The maximum atomic E-state index is 13.1. The summed E-state index contributed by atoms with van der Waals surface area (Å²) in [5.41, 5.74) is 3.06. The van der Waals surface area contributed by atoms with Gasteiger partial charge in [-0.25, -0.2) is 0 Å². The maximum Gasteiger partial charge on any atom is 0.295 e. The highest BCUT2D eigenvalue weighted by atomic mass is 16.5. The van der Waals surface area contributed by atoms with Crippen LogP contribution in [0.25, 0.3) is 5.76 Å². The highest BCUT2D eigenvalue weighted by molar-refractivity contribution is 6.46. The van der Waals surface area contributed by atoms with Crippen molar-refractivity contribution in [2.45, 2.75) is 26.4 Å². The molecule has 0 aliphatic carbocycles. The lowest BCUT2D eigenvalue weighted by Crippen LogP contribution is -2.29. The number of ketones is 1. The van der Waals surface area contributed by atoms with Crippen LogP contribution in [0.2, 0.25) is 0 Å². The number of aryl methyl sites for hydroxylation is 1. The minimum atomic E-state index is -0.753. The van der Waals surface area contributed by atoms with E-state index >= 15 is 0 Å². The predicted octanol–water partition coefficient (Wildman–Crippen LogP) is 4.41. The van der Waals surface area contributed by atoms with Gasteiger partial charge in [0.1, 0.15) is 11.5 Å². The van der Waals surface area contributed by atoms with Crippen LogP contribution in [-0.4, -0.2) is 33.3 Å². The second kappa shape index (κ2) is 9.06. The first-order valence-electron chi connectivity index (χ1n) is 10.5. The number of amides is 1. The van der Waals surface area contributed by atoms with Crippen LogP contribution in [0.3, 0.4) is 0 Å². The molecule has 0 saturated carbocycles. The molecule has 1 saturated heterocycles. The Morgan fingerprint density at radius 1 is 1.09 bits per heavy atom. The summed E-state index contributed by atoms with van der Waals surface area (Å²) in [5, 5.41) is 11.1. The van der Waals surface area contributed by atoms with Gasteiger partial charge in [0.15, 0.2) is 0 Å². The van der Waals surface area contributed by atoms with Gasteiger partial charge in [-0.05, 0) is 43.2 Å². The Labute approximate surface area is 186 Å². The number of rotatable bonds is 6. The number of carbonyl (C=O) groups excluding carboxylic acids is 2. The number of benzene rings is 2. The fourth-order valence-electron chi connectivity index (χ4n) is 3.89. The summed E-state index contributed by atoms with van der Waals surface area (Å²) in [5.74, 6) is -0.927. The third-order valence-electron chi connectivity index (χ3n) is 5.43. The normalized spacial score (nSPS) is 17.6. The third-order valence-corrected chi connectivity index (χ3v) is 5.43.